The summed E-state index contributed by atoms with van der Waals surface area (Å²) in [5, 5.41) is 2.99. The first-order valence-electron chi connectivity index (χ1n) is 7.27. The normalized spacial score (nSPS) is 17.3. The number of benzene rings is 1. The number of aryl methyl sites for hydroxylation is 1. The first kappa shape index (κ1) is 14.1. The van der Waals surface area contributed by atoms with Crippen molar-refractivity contribution in [2.24, 2.45) is 5.73 Å². The van der Waals surface area contributed by atoms with Crippen LogP contribution in [0.4, 0.5) is 0 Å². The van der Waals surface area contributed by atoms with E-state index in [1.165, 1.54) is 5.56 Å². The van der Waals surface area contributed by atoms with Gasteiger partial charge in [-0.05, 0) is 31.2 Å². The number of hydrogen-bond acceptors (Lipinski definition) is 2. The maximum absolute atomic E-state index is 11.8. The lowest BCUT2D eigenvalue weighted by atomic mass is 9.94. The molecule has 1 saturated carbocycles. The molecule has 2 rings (SSSR count). The number of amides is 1. The van der Waals surface area contributed by atoms with Gasteiger partial charge >= 0.3 is 0 Å². The Bertz CT molecular complexity index is 396. The van der Waals surface area contributed by atoms with Gasteiger partial charge in [-0.15, -0.1) is 0 Å². The van der Waals surface area contributed by atoms with E-state index < -0.39 is 0 Å². The van der Waals surface area contributed by atoms with Gasteiger partial charge in [-0.2, -0.15) is 0 Å². The van der Waals surface area contributed by atoms with Gasteiger partial charge in [-0.25, -0.2) is 0 Å². The minimum absolute atomic E-state index is 0.109. The van der Waals surface area contributed by atoms with Gasteiger partial charge in [0.25, 0.3) is 0 Å². The van der Waals surface area contributed by atoms with Crippen molar-refractivity contribution in [1.29, 1.82) is 0 Å². The Labute approximate surface area is 115 Å². The summed E-state index contributed by atoms with van der Waals surface area (Å²) in [4.78, 5) is 11.8. The highest BCUT2D eigenvalue weighted by molar-refractivity contribution is 5.77. The Hall–Kier alpha value is -1.35. The highest BCUT2D eigenvalue weighted by Crippen LogP contribution is 2.29. The third-order valence-corrected chi connectivity index (χ3v) is 3.92. The van der Waals surface area contributed by atoms with Crippen molar-refractivity contribution in [3.63, 3.8) is 0 Å². The molecule has 104 valence electrons. The second-order valence-electron chi connectivity index (χ2n) is 5.69. The third-order valence-electron chi connectivity index (χ3n) is 3.92. The van der Waals surface area contributed by atoms with Gasteiger partial charge in [0, 0.05) is 18.5 Å². The van der Waals surface area contributed by atoms with Crippen molar-refractivity contribution in [3.8, 4) is 0 Å². The fourth-order valence-electron chi connectivity index (χ4n) is 2.80. The Morgan fingerprint density at radius 2 is 1.89 bits per heavy atom. The smallest absolute Gasteiger partial charge is 0.221 e. The second kappa shape index (κ2) is 6.71. The molecule has 3 nitrogen and oxygen atoms in total. The Balaban J connectivity index is 1.61. The van der Waals surface area contributed by atoms with Crippen LogP contribution >= 0.6 is 0 Å². The van der Waals surface area contributed by atoms with E-state index >= 15 is 0 Å². The lowest BCUT2D eigenvalue weighted by Crippen LogP contribution is -2.42. The van der Waals surface area contributed by atoms with Crippen molar-refractivity contribution in [3.05, 3.63) is 35.9 Å². The van der Waals surface area contributed by atoms with E-state index in [0.717, 1.165) is 45.1 Å². The summed E-state index contributed by atoms with van der Waals surface area (Å²) in [5.41, 5.74) is 7.28. The number of carbonyl (C=O) groups excluding carboxylic acids is 1. The largest absolute Gasteiger partial charge is 0.356 e. The third kappa shape index (κ3) is 4.67. The highest BCUT2D eigenvalue weighted by atomic mass is 16.1. The maximum Gasteiger partial charge on any atom is 0.221 e. The minimum atomic E-state index is -0.233. The van der Waals surface area contributed by atoms with Crippen LogP contribution in [0, 0.1) is 0 Å². The summed E-state index contributed by atoms with van der Waals surface area (Å²) >= 11 is 0. The van der Waals surface area contributed by atoms with Crippen LogP contribution in [0.3, 0.4) is 0 Å². The number of nitrogens with two attached hydrogens (primary N) is 1. The Morgan fingerprint density at radius 1 is 1.21 bits per heavy atom. The average molecular weight is 260 g/mol. The SMILES string of the molecule is NC1(CC(=O)NCCCc2ccccc2)CCCC1. The van der Waals surface area contributed by atoms with Crippen LogP contribution in [0.25, 0.3) is 0 Å². The van der Waals surface area contributed by atoms with Crippen molar-refractivity contribution in [2.45, 2.75) is 50.5 Å². The van der Waals surface area contributed by atoms with Crippen molar-refractivity contribution >= 4 is 5.91 Å². The van der Waals surface area contributed by atoms with Gasteiger partial charge in [0.05, 0.1) is 0 Å². The first-order chi connectivity index (χ1) is 9.18. The van der Waals surface area contributed by atoms with Crippen LogP contribution in [0.2, 0.25) is 0 Å². The quantitative estimate of drug-likeness (QED) is 0.772. The molecule has 0 aliphatic heterocycles. The van der Waals surface area contributed by atoms with E-state index in [0.29, 0.717) is 6.42 Å². The van der Waals surface area contributed by atoms with Gasteiger partial charge in [-0.3, -0.25) is 4.79 Å². The lowest BCUT2D eigenvalue weighted by molar-refractivity contribution is -0.122. The minimum Gasteiger partial charge on any atom is -0.356 e. The summed E-state index contributed by atoms with van der Waals surface area (Å²) in [6.45, 7) is 0.740. The van der Waals surface area contributed by atoms with Gasteiger partial charge in [0.2, 0.25) is 5.91 Å². The zero-order valence-electron chi connectivity index (χ0n) is 11.5. The van der Waals surface area contributed by atoms with Crippen LogP contribution in [0.5, 0.6) is 0 Å². The van der Waals surface area contributed by atoms with Gasteiger partial charge in [0.15, 0.2) is 0 Å². The van der Waals surface area contributed by atoms with Crippen LogP contribution in [0.1, 0.15) is 44.1 Å². The second-order valence-corrected chi connectivity index (χ2v) is 5.69. The zero-order chi connectivity index (χ0) is 13.6. The molecule has 1 amide bonds. The Kier molecular flexibility index (Phi) is 4.97. The topological polar surface area (TPSA) is 55.1 Å². The molecule has 0 radical (unpaired) electrons. The monoisotopic (exact) mass is 260 g/mol. The van der Waals surface area contributed by atoms with E-state index in [1.807, 2.05) is 18.2 Å². The molecule has 0 unspecified atom stereocenters. The molecular weight excluding hydrogens is 236 g/mol. The van der Waals surface area contributed by atoms with Crippen LogP contribution in [-0.4, -0.2) is 18.0 Å². The summed E-state index contributed by atoms with van der Waals surface area (Å²) in [6.07, 6.45) is 6.78. The molecule has 1 fully saturated rings. The standard InChI is InChI=1S/C16H24N2O/c17-16(10-4-5-11-16)13-15(19)18-12-6-9-14-7-2-1-3-8-14/h1-3,7-8H,4-6,9-13,17H2,(H,18,19). The van der Waals surface area contributed by atoms with Crippen molar-refractivity contribution in [1.82, 2.24) is 5.32 Å². The molecule has 0 saturated heterocycles. The zero-order valence-corrected chi connectivity index (χ0v) is 11.5. The number of nitrogens with one attached hydrogen (secondary N) is 1. The molecule has 0 spiro atoms. The van der Waals surface area contributed by atoms with Crippen LogP contribution in [-0.2, 0) is 11.2 Å². The molecule has 3 heteroatoms. The van der Waals surface area contributed by atoms with E-state index in [1.54, 1.807) is 0 Å². The molecule has 19 heavy (non-hydrogen) atoms. The molecule has 0 heterocycles. The molecule has 3 N–H and O–H groups in total. The van der Waals surface area contributed by atoms with E-state index in [9.17, 15) is 4.79 Å². The maximum atomic E-state index is 11.8. The number of rotatable bonds is 6. The Morgan fingerprint density at radius 3 is 2.58 bits per heavy atom. The van der Waals surface area contributed by atoms with Gasteiger partial charge in [0.1, 0.15) is 0 Å². The fraction of sp³-hybridized carbons (Fsp3) is 0.562. The van der Waals surface area contributed by atoms with E-state index in [2.05, 4.69) is 17.4 Å². The molecule has 0 bridgehead atoms. The first-order valence-corrected chi connectivity index (χ1v) is 7.27. The highest BCUT2D eigenvalue weighted by Gasteiger charge is 2.31. The summed E-state index contributed by atoms with van der Waals surface area (Å²) in [5.74, 6) is 0.109. The predicted molar refractivity (Wildman–Crippen MR) is 77.8 cm³/mol. The van der Waals surface area contributed by atoms with Gasteiger partial charge < -0.3 is 11.1 Å². The van der Waals surface area contributed by atoms with Crippen LogP contribution in [0.15, 0.2) is 30.3 Å². The molecule has 0 aromatic heterocycles. The van der Waals surface area contributed by atoms with E-state index in [4.69, 9.17) is 5.73 Å². The molecule has 1 aromatic carbocycles. The molecule has 0 atom stereocenters. The molecule has 1 aliphatic rings. The number of carbonyl (C=O) groups is 1. The summed E-state index contributed by atoms with van der Waals surface area (Å²) < 4.78 is 0. The molecular formula is C16H24N2O. The average Bonchev–Trinajstić information content (AvgIpc) is 2.82. The summed E-state index contributed by atoms with van der Waals surface area (Å²) in [6, 6.07) is 10.4. The van der Waals surface area contributed by atoms with Crippen molar-refractivity contribution < 1.29 is 4.79 Å². The lowest BCUT2D eigenvalue weighted by Gasteiger charge is -2.22. The van der Waals surface area contributed by atoms with Gasteiger partial charge in [-0.1, -0.05) is 43.2 Å². The molecule has 1 aliphatic carbocycles. The fourth-order valence-corrected chi connectivity index (χ4v) is 2.80. The van der Waals surface area contributed by atoms with Crippen molar-refractivity contribution in [2.75, 3.05) is 6.54 Å². The number of hydrogen-bond donors (Lipinski definition) is 2. The van der Waals surface area contributed by atoms with E-state index in [-0.39, 0.29) is 11.4 Å². The van der Waals surface area contributed by atoms with Crippen LogP contribution < -0.4 is 11.1 Å². The summed E-state index contributed by atoms with van der Waals surface area (Å²) in [7, 11) is 0. The predicted octanol–water partition coefficient (Wildman–Crippen LogP) is 2.40. The molecule has 1 aromatic rings.